The topological polar surface area (TPSA) is 66.8 Å². The molecule has 5 nitrogen and oxygen atoms in total. The van der Waals surface area contributed by atoms with Gasteiger partial charge in [-0.1, -0.05) is 0 Å². The van der Waals surface area contributed by atoms with E-state index in [0.29, 0.717) is 12.6 Å². The van der Waals surface area contributed by atoms with Gasteiger partial charge in [0, 0.05) is 12.6 Å². The fourth-order valence-corrected chi connectivity index (χ4v) is 1.37. The number of hydrogen-bond acceptors (Lipinski definition) is 3. The first kappa shape index (κ1) is 12.0. The zero-order chi connectivity index (χ0) is 11.4. The molecule has 0 spiro atoms. The summed E-state index contributed by atoms with van der Waals surface area (Å²) in [7, 11) is 0. The Hall–Kier alpha value is -1.10. The van der Waals surface area contributed by atoms with Gasteiger partial charge in [-0.15, -0.1) is 0 Å². The van der Waals surface area contributed by atoms with Gasteiger partial charge in [-0.3, -0.25) is 4.79 Å². The fraction of sp³-hybridized carbons (Fsp3) is 0.800. The molecule has 1 aliphatic rings. The van der Waals surface area contributed by atoms with Crippen LogP contribution in [0.5, 0.6) is 0 Å². The zero-order valence-corrected chi connectivity index (χ0v) is 9.10. The highest BCUT2D eigenvalue weighted by molar-refractivity contribution is 5.79. The Bertz CT molecular complexity index is 250. The summed E-state index contributed by atoms with van der Waals surface area (Å²) in [6, 6.07) is 0.353. The number of carboxylic acid groups (broad SMARTS) is 1. The van der Waals surface area contributed by atoms with Crippen LogP contribution in [0.3, 0.4) is 0 Å². The summed E-state index contributed by atoms with van der Waals surface area (Å²) < 4.78 is 4.94. The normalized spacial score (nSPS) is 17.2. The van der Waals surface area contributed by atoms with E-state index in [4.69, 9.17) is 9.84 Å². The zero-order valence-electron chi connectivity index (χ0n) is 9.10. The lowest BCUT2D eigenvalue weighted by Gasteiger charge is -2.20. The van der Waals surface area contributed by atoms with Crippen LogP contribution < -0.4 is 0 Å². The van der Waals surface area contributed by atoms with E-state index in [2.05, 4.69) is 0 Å². The molecule has 0 saturated heterocycles. The molecule has 0 aromatic carbocycles. The van der Waals surface area contributed by atoms with Crippen molar-refractivity contribution in [1.29, 1.82) is 0 Å². The van der Waals surface area contributed by atoms with E-state index in [1.807, 2.05) is 6.92 Å². The maximum absolute atomic E-state index is 11.6. The maximum atomic E-state index is 11.6. The smallest absolute Gasteiger partial charge is 0.332 e. The van der Waals surface area contributed by atoms with Crippen LogP contribution >= 0.6 is 0 Å². The van der Waals surface area contributed by atoms with Crippen LogP contribution in [0.4, 0.5) is 0 Å². The summed E-state index contributed by atoms with van der Waals surface area (Å²) in [5, 5.41) is 8.56. The van der Waals surface area contributed by atoms with Gasteiger partial charge in [0.25, 0.3) is 0 Å². The molecule has 15 heavy (non-hydrogen) atoms. The summed E-state index contributed by atoms with van der Waals surface area (Å²) in [5.74, 6) is -1.16. The van der Waals surface area contributed by atoms with Gasteiger partial charge >= 0.3 is 5.97 Å². The van der Waals surface area contributed by atoms with Crippen molar-refractivity contribution in [2.24, 2.45) is 0 Å². The minimum absolute atomic E-state index is 0.117. The van der Waals surface area contributed by atoms with Crippen LogP contribution in [0.2, 0.25) is 0 Å². The molecule has 0 aromatic rings. The van der Waals surface area contributed by atoms with Crippen molar-refractivity contribution in [2.45, 2.75) is 38.8 Å². The molecule has 5 heteroatoms. The Labute approximate surface area is 89.0 Å². The molecule has 1 rings (SSSR count). The van der Waals surface area contributed by atoms with Crippen molar-refractivity contribution < 1.29 is 19.4 Å². The first-order valence-corrected chi connectivity index (χ1v) is 5.20. The molecule has 1 atom stereocenters. The van der Waals surface area contributed by atoms with Crippen molar-refractivity contribution in [3.63, 3.8) is 0 Å². The summed E-state index contributed by atoms with van der Waals surface area (Å²) in [6.45, 7) is 3.85. The summed E-state index contributed by atoms with van der Waals surface area (Å²) >= 11 is 0. The lowest BCUT2D eigenvalue weighted by molar-refractivity contribution is -0.153. The molecule has 0 radical (unpaired) electrons. The minimum Gasteiger partial charge on any atom is -0.479 e. The van der Waals surface area contributed by atoms with E-state index >= 15 is 0 Å². The highest BCUT2D eigenvalue weighted by atomic mass is 16.5. The molecular weight excluding hydrogens is 198 g/mol. The Morgan fingerprint density at radius 2 is 2.13 bits per heavy atom. The average molecular weight is 215 g/mol. The Morgan fingerprint density at radius 3 is 2.53 bits per heavy atom. The molecule has 0 unspecified atom stereocenters. The Balaban J connectivity index is 2.30. The number of nitrogens with zero attached hydrogens (tertiary/aromatic N) is 1. The van der Waals surface area contributed by atoms with Crippen LogP contribution in [0.1, 0.15) is 26.7 Å². The van der Waals surface area contributed by atoms with Gasteiger partial charge in [0.05, 0.1) is 0 Å². The number of hydrogen-bond donors (Lipinski definition) is 1. The number of carbonyl (C=O) groups is 2. The van der Waals surface area contributed by atoms with Crippen molar-refractivity contribution in [1.82, 2.24) is 4.90 Å². The van der Waals surface area contributed by atoms with E-state index in [1.54, 1.807) is 4.90 Å². The van der Waals surface area contributed by atoms with Crippen LogP contribution in [-0.4, -0.2) is 47.2 Å². The van der Waals surface area contributed by atoms with Crippen LogP contribution in [-0.2, 0) is 14.3 Å². The molecule has 1 fully saturated rings. The summed E-state index contributed by atoms with van der Waals surface area (Å²) in [5.41, 5.74) is 0. The Kier molecular flexibility index (Phi) is 4.08. The van der Waals surface area contributed by atoms with Gasteiger partial charge < -0.3 is 14.7 Å². The van der Waals surface area contributed by atoms with Gasteiger partial charge in [0.2, 0.25) is 5.91 Å². The van der Waals surface area contributed by atoms with Crippen LogP contribution in [0.25, 0.3) is 0 Å². The fourth-order valence-electron chi connectivity index (χ4n) is 1.37. The maximum Gasteiger partial charge on any atom is 0.332 e. The molecule has 0 heterocycles. The first-order chi connectivity index (χ1) is 7.06. The highest BCUT2D eigenvalue weighted by Crippen LogP contribution is 2.26. The number of carbonyl (C=O) groups excluding carboxylic acids is 1. The second-order valence-electron chi connectivity index (χ2n) is 3.70. The second kappa shape index (κ2) is 5.11. The molecule has 1 N–H and O–H groups in total. The predicted molar refractivity (Wildman–Crippen MR) is 53.5 cm³/mol. The minimum atomic E-state index is -1.04. The molecular formula is C10H17NO4. The van der Waals surface area contributed by atoms with Crippen molar-refractivity contribution in [2.75, 3.05) is 13.2 Å². The SMILES string of the molecule is CCN(C(=O)CO[C@H](C)C(=O)O)C1CC1. The monoisotopic (exact) mass is 215 g/mol. The van der Waals surface area contributed by atoms with E-state index in [1.165, 1.54) is 6.92 Å². The molecule has 1 amide bonds. The number of carboxylic acids is 1. The van der Waals surface area contributed by atoms with Crippen molar-refractivity contribution in [3.05, 3.63) is 0 Å². The molecule has 1 aliphatic carbocycles. The summed E-state index contributed by atoms with van der Waals surface area (Å²) in [6.07, 6.45) is 1.18. The average Bonchev–Trinajstić information content (AvgIpc) is 2.99. The highest BCUT2D eigenvalue weighted by Gasteiger charge is 2.31. The number of ether oxygens (including phenoxy) is 1. The summed E-state index contributed by atoms with van der Waals surface area (Å²) in [4.78, 5) is 23.8. The molecule has 0 aromatic heterocycles. The number of amides is 1. The lowest BCUT2D eigenvalue weighted by atomic mass is 10.4. The van der Waals surface area contributed by atoms with Gasteiger partial charge in [0.15, 0.2) is 6.10 Å². The van der Waals surface area contributed by atoms with Gasteiger partial charge in [0.1, 0.15) is 6.61 Å². The lowest BCUT2D eigenvalue weighted by Crippen LogP contribution is -2.37. The molecule has 0 bridgehead atoms. The largest absolute Gasteiger partial charge is 0.479 e. The van der Waals surface area contributed by atoms with Gasteiger partial charge in [-0.2, -0.15) is 0 Å². The van der Waals surface area contributed by atoms with E-state index in [9.17, 15) is 9.59 Å². The van der Waals surface area contributed by atoms with Crippen molar-refractivity contribution >= 4 is 11.9 Å². The number of rotatable bonds is 6. The van der Waals surface area contributed by atoms with Crippen molar-refractivity contribution in [3.8, 4) is 0 Å². The van der Waals surface area contributed by atoms with E-state index in [0.717, 1.165) is 12.8 Å². The number of aliphatic carboxylic acids is 1. The van der Waals surface area contributed by atoms with Gasteiger partial charge in [-0.25, -0.2) is 4.79 Å². The van der Waals surface area contributed by atoms with E-state index in [-0.39, 0.29) is 12.5 Å². The third-order valence-corrected chi connectivity index (χ3v) is 2.45. The quantitative estimate of drug-likeness (QED) is 0.700. The standard InChI is InChI=1S/C10H17NO4/c1-3-11(8-4-5-8)9(12)6-15-7(2)10(13)14/h7-8H,3-6H2,1-2H3,(H,13,14)/t7-/m1/s1. The third-order valence-electron chi connectivity index (χ3n) is 2.45. The van der Waals surface area contributed by atoms with Crippen LogP contribution in [0, 0.1) is 0 Å². The second-order valence-corrected chi connectivity index (χ2v) is 3.70. The van der Waals surface area contributed by atoms with Gasteiger partial charge in [-0.05, 0) is 26.7 Å². The first-order valence-electron chi connectivity index (χ1n) is 5.20. The van der Waals surface area contributed by atoms with E-state index < -0.39 is 12.1 Å². The van der Waals surface area contributed by atoms with Crippen LogP contribution in [0.15, 0.2) is 0 Å². The molecule has 1 saturated carbocycles. The molecule has 0 aliphatic heterocycles. The molecule has 86 valence electrons. The predicted octanol–water partition coefficient (Wildman–Crippen LogP) is 0.487. The Morgan fingerprint density at radius 1 is 1.53 bits per heavy atom. The third kappa shape index (κ3) is 3.51. The number of likely N-dealkylation sites (N-methyl/N-ethyl adjacent to an activating group) is 1.